The Kier molecular flexibility index (Phi) is 10.1. The van der Waals surface area contributed by atoms with Crippen molar-refractivity contribution in [3.63, 3.8) is 0 Å². The molecule has 0 spiro atoms. The Hall–Kier alpha value is -1.25. The van der Waals surface area contributed by atoms with Crippen LogP contribution in [-0.4, -0.2) is 47.7 Å². The Labute approximate surface area is 156 Å². The molecule has 1 N–H and O–H groups in total. The summed E-state index contributed by atoms with van der Waals surface area (Å²) in [6.45, 7) is 5.62. The highest BCUT2D eigenvalue weighted by atomic mass is 16.7. The molecular formula is C18H31BNO6. The van der Waals surface area contributed by atoms with E-state index in [1.165, 1.54) is 0 Å². The summed E-state index contributed by atoms with van der Waals surface area (Å²) >= 11 is 0. The van der Waals surface area contributed by atoms with Gasteiger partial charge in [0.1, 0.15) is 5.60 Å². The number of hydrogen-bond donors (Lipinski definition) is 1. The number of carbonyl (C=O) groups excluding carboxylic acids is 3. The van der Waals surface area contributed by atoms with E-state index >= 15 is 0 Å². The molecule has 2 atom stereocenters. The molecule has 1 fully saturated rings. The zero-order chi connectivity index (χ0) is 19.6. The van der Waals surface area contributed by atoms with E-state index in [2.05, 4.69) is 13.8 Å². The van der Waals surface area contributed by atoms with E-state index in [0.29, 0.717) is 17.9 Å². The molecule has 0 aromatic rings. The molecule has 2 amide bonds. The zero-order valence-corrected chi connectivity index (χ0v) is 16.2. The fourth-order valence-corrected chi connectivity index (χ4v) is 3.06. The van der Waals surface area contributed by atoms with Gasteiger partial charge in [-0.2, -0.15) is 5.06 Å². The van der Waals surface area contributed by atoms with Crippen LogP contribution in [0.25, 0.3) is 0 Å². The number of hydrogen-bond acceptors (Lipinski definition) is 6. The van der Waals surface area contributed by atoms with Gasteiger partial charge in [0.05, 0.1) is 6.61 Å². The molecule has 2 unspecified atom stereocenters. The number of carbonyl (C=O) groups is 3. The van der Waals surface area contributed by atoms with Crippen LogP contribution in [0.4, 0.5) is 0 Å². The zero-order valence-electron chi connectivity index (χ0n) is 16.2. The van der Waals surface area contributed by atoms with Crippen LogP contribution in [0.5, 0.6) is 0 Å². The first-order valence-electron chi connectivity index (χ1n) is 9.59. The van der Waals surface area contributed by atoms with Crippen molar-refractivity contribution in [2.45, 2.75) is 84.2 Å². The monoisotopic (exact) mass is 368 g/mol. The number of aliphatic hydroxyl groups is 1. The van der Waals surface area contributed by atoms with E-state index in [4.69, 9.17) is 9.41 Å². The van der Waals surface area contributed by atoms with E-state index in [0.717, 1.165) is 39.8 Å². The minimum atomic E-state index is -1.43. The molecule has 7 nitrogen and oxygen atoms in total. The maximum atomic E-state index is 12.4. The van der Waals surface area contributed by atoms with Gasteiger partial charge in [-0.3, -0.25) is 19.1 Å². The van der Waals surface area contributed by atoms with Crippen molar-refractivity contribution in [2.75, 3.05) is 6.61 Å². The summed E-state index contributed by atoms with van der Waals surface area (Å²) in [6, 6.07) is 0. The van der Waals surface area contributed by atoms with Gasteiger partial charge < -0.3 is 9.76 Å². The Bertz CT molecular complexity index is 470. The van der Waals surface area contributed by atoms with Crippen LogP contribution in [0.3, 0.4) is 0 Å². The van der Waals surface area contributed by atoms with Crippen molar-refractivity contribution >= 4 is 25.3 Å². The molecular weight excluding hydrogens is 337 g/mol. The predicted molar refractivity (Wildman–Crippen MR) is 96.7 cm³/mol. The molecule has 1 aliphatic rings. The number of rotatable bonds is 14. The van der Waals surface area contributed by atoms with Gasteiger partial charge in [-0.1, -0.05) is 52.9 Å². The van der Waals surface area contributed by atoms with E-state index in [1.54, 1.807) is 6.92 Å². The van der Waals surface area contributed by atoms with Crippen molar-refractivity contribution in [1.82, 2.24) is 5.06 Å². The van der Waals surface area contributed by atoms with Gasteiger partial charge in [-0.15, -0.1) is 0 Å². The Morgan fingerprint density at radius 2 is 1.88 bits per heavy atom. The smallest absolute Gasteiger partial charge is 0.405 e. The fraction of sp³-hybridized carbons (Fsp3) is 0.833. The SMILES string of the molecule is CCCCCC(CC)CC(O)(CC)C(=O)CO[B]ON1C(=O)CCC1=O. The first kappa shape index (κ1) is 22.8. The summed E-state index contributed by atoms with van der Waals surface area (Å²) < 4.78 is 9.86. The molecule has 26 heavy (non-hydrogen) atoms. The maximum Gasteiger partial charge on any atom is 0.515 e. The number of hydroxylamine groups is 2. The molecule has 0 aromatic carbocycles. The molecule has 1 heterocycles. The highest BCUT2D eigenvalue weighted by molar-refractivity contribution is 6.20. The van der Waals surface area contributed by atoms with Gasteiger partial charge in [0.15, 0.2) is 5.78 Å². The number of unbranched alkanes of at least 4 members (excludes halogenated alkanes) is 2. The van der Waals surface area contributed by atoms with Crippen LogP contribution in [0.2, 0.25) is 0 Å². The number of Topliss-reactive ketones (excluding diaryl/α,β-unsaturated/α-hetero) is 1. The first-order valence-corrected chi connectivity index (χ1v) is 9.59. The minimum absolute atomic E-state index is 0.109. The predicted octanol–water partition coefficient (Wildman–Crippen LogP) is 2.32. The third-order valence-corrected chi connectivity index (χ3v) is 4.96. The number of ketones is 1. The molecule has 147 valence electrons. The van der Waals surface area contributed by atoms with Crippen LogP contribution in [0.15, 0.2) is 0 Å². The lowest BCUT2D eigenvalue weighted by Gasteiger charge is -2.29. The average Bonchev–Trinajstić information content (AvgIpc) is 2.95. The van der Waals surface area contributed by atoms with Crippen LogP contribution in [0.1, 0.15) is 78.6 Å². The lowest BCUT2D eigenvalue weighted by Crippen LogP contribution is -2.43. The molecule has 1 radical (unpaired) electrons. The summed E-state index contributed by atoms with van der Waals surface area (Å²) in [5.74, 6) is -1.02. The normalized spacial score (nSPS) is 18.1. The van der Waals surface area contributed by atoms with Gasteiger partial charge >= 0.3 is 7.69 Å². The van der Waals surface area contributed by atoms with Crippen molar-refractivity contribution in [2.24, 2.45) is 5.92 Å². The average molecular weight is 368 g/mol. The maximum absolute atomic E-state index is 12.4. The van der Waals surface area contributed by atoms with E-state index in [1.807, 2.05) is 0 Å². The van der Waals surface area contributed by atoms with Crippen LogP contribution in [0, 0.1) is 5.92 Å². The van der Waals surface area contributed by atoms with E-state index in [-0.39, 0.29) is 25.4 Å². The molecule has 0 saturated carbocycles. The third kappa shape index (κ3) is 6.81. The summed E-state index contributed by atoms with van der Waals surface area (Å²) in [4.78, 5) is 35.2. The van der Waals surface area contributed by atoms with Crippen molar-refractivity contribution < 1.29 is 28.9 Å². The molecule has 0 aromatic heterocycles. The third-order valence-electron chi connectivity index (χ3n) is 4.96. The summed E-state index contributed by atoms with van der Waals surface area (Å²) in [5.41, 5.74) is -1.43. The number of nitrogens with zero attached hydrogens (tertiary/aromatic N) is 1. The second-order valence-corrected chi connectivity index (χ2v) is 6.88. The summed E-state index contributed by atoms with van der Waals surface area (Å²) in [7, 11) is 0.799. The van der Waals surface area contributed by atoms with Crippen molar-refractivity contribution in [3.05, 3.63) is 0 Å². The van der Waals surface area contributed by atoms with Crippen molar-refractivity contribution in [1.29, 1.82) is 0 Å². The largest absolute Gasteiger partial charge is 0.515 e. The topological polar surface area (TPSA) is 93.1 Å². The number of amides is 2. The van der Waals surface area contributed by atoms with Gasteiger partial charge in [0.2, 0.25) is 0 Å². The first-order chi connectivity index (χ1) is 12.4. The molecule has 1 saturated heterocycles. The Morgan fingerprint density at radius 3 is 2.42 bits per heavy atom. The molecule has 1 rings (SSSR count). The number of imide groups is 1. The Morgan fingerprint density at radius 1 is 1.23 bits per heavy atom. The van der Waals surface area contributed by atoms with Gasteiger partial charge in [-0.25, -0.2) is 0 Å². The second kappa shape index (κ2) is 11.5. The summed E-state index contributed by atoms with van der Waals surface area (Å²) in [6.07, 6.45) is 6.23. The van der Waals surface area contributed by atoms with Crippen LogP contribution in [-0.2, 0) is 23.8 Å². The molecule has 0 bridgehead atoms. The molecule has 8 heteroatoms. The highest BCUT2D eigenvalue weighted by Gasteiger charge is 2.36. The molecule has 1 aliphatic heterocycles. The van der Waals surface area contributed by atoms with Gasteiger partial charge in [-0.05, 0) is 18.8 Å². The summed E-state index contributed by atoms with van der Waals surface area (Å²) in [5, 5.41) is 11.4. The lowest BCUT2D eigenvalue weighted by molar-refractivity contribution is -0.167. The van der Waals surface area contributed by atoms with E-state index < -0.39 is 23.2 Å². The van der Waals surface area contributed by atoms with E-state index in [9.17, 15) is 19.5 Å². The van der Waals surface area contributed by atoms with Crippen LogP contribution < -0.4 is 0 Å². The fourth-order valence-electron chi connectivity index (χ4n) is 3.06. The highest BCUT2D eigenvalue weighted by Crippen LogP contribution is 2.28. The second-order valence-electron chi connectivity index (χ2n) is 6.88. The van der Waals surface area contributed by atoms with Crippen molar-refractivity contribution in [3.8, 4) is 0 Å². The quantitative estimate of drug-likeness (QED) is 0.287. The van der Waals surface area contributed by atoms with Gasteiger partial charge in [0.25, 0.3) is 11.8 Å². The lowest BCUT2D eigenvalue weighted by atomic mass is 9.81. The standard InChI is InChI=1S/C18H31BNO6/c1-4-7-8-9-14(5-2)12-18(24,6-3)15(21)13-25-19-26-20-16(22)10-11-17(20)23/h14,24H,4-13H2,1-3H3. The van der Waals surface area contributed by atoms with Gasteiger partial charge in [0, 0.05) is 12.8 Å². The minimum Gasteiger partial charge on any atom is -0.405 e. The Balaban J connectivity index is 2.42. The van der Waals surface area contributed by atoms with Crippen LogP contribution >= 0.6 is 0 Å². The molecule has 0 aliphatic carbocycles.